The number of methoxy groups -OCH3 is 1. The molecule has 3 heteroatoms. The lowest BCUT2D eigenvalue weighted by atomic mass is 9.90. The van der Waals surface area contributed by atoms with Crippen molar-refractivity contribution in [3.8, 4) is 5.75 Å². The molecule has 1 aliphatic rings. The van der Waals surface area contributed by atoms with Crippen molar-refractivity contribution >= 4 is 21.7 Å². The zero-order valence-corrected chi connectivity index (χ0v) is 11.1. The molecule has 1 fully saturated rings. The molecular formula is C13H15BrO2. The molecule has 1 saturated carbocycles. The molecule has 2 nitrogen and oxygen atoms in total. The van der Waals surface area contributed by atoms with Crippen LogP contribution in [-0.2, 0) is 4.79 Å². The summed E-state index contributed by atoms with van der Waals surface area (Å²) in [5.41, 5.74) is 1.23. The molecule has 0 heterocycles. The van der Waals surface area contributed by atoms with Crippen LogP contribution >= 0.6 is 15.9 Å². The van der Waals surface area contributed by atoms with Gasteiger partial charge < -0.3 is 4.74 Å². The summed E-state index contributed by atoms with van der Waals surface area (Å²) in [6.45, 7) is 2.03. The Bertz CT molecular complexity index is 414. The first-order valence-electron chi connectivity index (χ1n) is 5.49. The van der Waals surface area contributed by atoms with E-state index in [1.54, 1.807) is 7.11 Å². The van der Waals surface area contributed by atoms with Crippen LogP contribution in [0.4, 0.5) is 0 Å². The number of ether oxygens (including phenoxy) is 1. The molecule has 0 aliphatic heterocycles. The predicted octanol–water partition coefficient (Wildman–Crippen LogP) is 3.54. The molecule has 16 heavy (non-hydrogen) atoms. The minimum atomic E-state index is 0.153. The maximum Gasteiger partial charge on any atom is 0.136 e. The van der Waals surface area contributed by atoms with E-state index in [1.165, 1.54) is 5.56 Å². The number of carbonyl (C=O) groups excluding carboxylic acids is 1. The normalized spacial score (nSPS) is 24.8. The fraction of sp³-hybridized carbons (Fsp3) is 0.462. The molecule has 0 aromatic heterocycles. The highest BCUT2D eigenvalue weighted by Crippen LogP contribution is 2.39. The Morgan fingerprint density at radius 1 is 1.44 bits per heavy atom. The maximum absolute atomic E-state index is 11.5. The standard InChI is InChI=1S/C13H15BrO2/c1-8-10(4-5-12(8)15)9-3-6-13(16-2)11(14)7-9/h3,6-8,10H,4-5H2,1-2H3. The van der Waals surface area contributed by atoms with Crippen molar-refractivity contribution in [2.24, 2.45) is 5.92 Å². The molecule has 0 N–H and O–H groups in total. The molecule has 0 spiro atoms. The van der Waals surface area contributed by atoms with Gasteiger partial charge in [0, 0.05) is 12.3 Å². The maximum atomic E-state index is 11.5. The molecule has 2 rings (SSSR count). The summed E-state index contributed by atoms with van der Waals surface area (Å²) in [4.78, 5) is 11.5. The lowest BCUT2D eigenvalue weighted by molar-refractivity contribution is -0.120. The second-order valence-electron chi connectivity index (χ2n) is 4.29. The number of rotatable bonds is 2. The van der Waals surface area contributed by atoms with Crippen molar-refractivity contribution in [1.29, 1.82) is 0 Å². The fourth-order valence-corrected chi connectivity index (χ4v) is 2.93. The average Bonchev–Trinajstić information content (AvgIpc) is 2.60. The second-order valence-corrected chi connectivity index (χ2v) is 5.15. The Hall–Kier alpha value is -0.830. The number of benzene rings is 1. The topological polar surface area (TPSA) is 26.3 Å². The van der Waals surface area contributed by atoms with Crippen LogP contribution in [-0.4, -0.2) is 12.9 Å². The van der Waals surface area contributed by atoms with E-state index in [2.05, 4.69) is 28.1 Å². The Kier molecular flexibility index (Phi) is 3.33. The third kappa shape index (κ3) is 2.01. The van der Waals surface area contributed by atoms with E-state index in [1.807, 2.05) is 13.0 Å². The summed E-state index contributed by atoms with van der Waals surface area (Å²) in [6, 6.07) is 6.08. The van der Waals surface area contributed by atoms with Crippen LogP contribution < -0.4 is 4.74 Å². The van der Waals surface area contributed by atoms with E-state index in [4.69, 9.17) is 4.74 Å². The lowest BCUT2D eigenvalue weighted by Crippen LogP contribution is -2.08. The Balaban J connectivity index is 2.28. The molecule has 1 aromatic carbocycles. The summed E-state index contributed by atoms with van der Waals surface area (Å²) >= 11 is 3.48. The van der Waals surface area contributed by atoms with Gasteiger partial charge in [0.1, 0.15) is 11.5 Å². The van der Waals surface area contributed by atoms with Gasteiger partial charge in [-0.15, -0.1) is 0 Å². The zero-order valence-electron chi connectivity index (χ0n) is 9.50. The molecule has 0 radical (unpaired) electrons. The van der Waals surface area contributed by atoms with Crippen LogP contribution in [0, 0.1) is 5.92 Å². The summed E-state index contributed by atoms with van der Waals surface area (Å²) in [5, 5.41) is 0. The third-order valence-corrected chi connectivity index (χ3v) is 4.04. The molecule has 0 amide bonds. The van der Waals surface area contributed by atoms with Gasteiger partial charge in [-0.3, -0.25) is 4.79 Å². The van der Waals surface area contributed by atoms with Gasteiger partial charge in [-0.05, 0) is 46.0 Å². The van der Waals surface area contributed by atoms with E-state index in [0.29, 0.717) is 11.7 Å². The van der Waals surface area contributed by atoms with Crippen molar-refractivity contribution < 1.29 is 9.53 Å². The van der Waals surface area contributed by atoms with Gasteiger partial charge in [0.2, 0.25) is 0 Å². The van der Waals surface area contributed by atoms with Crippen LogP contribution in [0.25, 0.3) is 0 Å². The SMILES string of the molecule is COc1ccc(C2CCC(=O)C2C)cc1Br. The highest BCUT2D eigenvalue weighted by atomic mass is 79.9. The first-order chi connectivity index (χ1) is 7.63. The third-order valence-electron chi connectivity index (χ3n) is 3.42. The van der Waals surface area contributed by atoms with Gasteiger partial charge >= 0.3 is 0 Å². The number of ketones is 1. The molecule has 2 atom stereocenters. The predicted molar refractivity (Wildman–Crippen MR) is 66.8 cm³/mol. The summed E-state index contributed by atoms with van der Waals surface area (Å²) in [7, 11) is 1.65. The fourth-order valence-electron chi connectivity index (χ4n) is 2.37. The smallest absolute Gasteiger partial charge is 0.136 e. The van der Waals surface area contributed by atoms with E-state index >= 15 is 0 Å². The molecule has 1 aromatic rings. The van der Waals surface area contributed by atoms with E-state index in [-0.39, 0.29) is 5.92 Å². The van der Waals surface area contributed by atoms with Crippen molar-refractivity contribution in [1.82, 2.24) is 0 Å². The molecule has 1 aliphatic carbocycles. The van der Waals surface area contributed by atoms with Gasteiger partial charge in [-0.2, -0.15) is 0 Å². The Labute approximate surface area is 104 Å². The van der Waals surface area contributed by atoms with Crippen LogP contribution in [0.5, 0.6) is 5.75 Å². The molecule has 0 bridgehead atoms. The van der Waals surface area contributed by atoms with Gasteiger partial charge in [0.05, 0.1) is 11.6 Å². The number of carbonyl (C=O) groups is 1. The first-order valence-corrected chi connectivity index (χ1v) is 6.29. The molecular weight excluding hydrogens is 268 g/mol. The van der Waals surface area contributed by atoms with Crippen molar-refractivity contribution in [2.75, 3.05) is 7.11 Å². The summed E-state index contributed by atoms with van der Waals surface area (Å²) in [5.74, 6) is 1.74. The van der Waals surface area contributed by atoms with Crippen LogP contribution in [0.1, 0.15) is 31.2 Å². The van der Waals surface area contributed by atoms with Crippen LogP contribution in [0.15, 0.2) is 22.7 Å². The van der Waals surface area contributed by atoms with Gasteiger partial charge in [0.25, 0.3) is 0 Å². The Morgan fingerprint density at radius 3 is 2.69 bits per heavy atom. The Morgan fingerprint density at radius 2 is 2.19 bits per heavy atom. The van der Waals surface area contributed by atoms with E-state index < -0.39 is 0 Å². The number of halogens is 1. The molecule has 0 saturated heterocycles. The minimum absolute atomic E-state index is 0.153. The van der Waals surface area contributed by atoms with E-state index in [9.17, 15) is 4.79 Å². The number of hydrogen-bond acceptors (Lipinski definition) is 2. The van der Waals surface area contributed by atoms with Crippen LogP contribution in [0.2, 0.25) is 0 Å². The first kappa shape index (κ1) is 11.6. The average molecular weight is 283 g/mol. The summed E-state index contributed by atoms with van der Waals surface area (Å²) < 4.78 is 6.15. The van der Waals surface area contributed by atoms with Crippen LogP contribution in [0.3, 0.4) is 0 Å². The van der Waals surface area contributed by atoms with E-state index in [0.717, 1.165) is 23.1 Å². The van der Waals surface area contributed by atoms with Crippen molar-refractivity contribution in [2.45, 2.75) is 25.7 Å². The lowest BCUT2D eigenvalue weighted by Gasteiger charge is -2.15. The van der Waals surface area contributed by atoms with Crippen molar-refractivity contribution in [3.63, 3.8) is 0 Å². The zero-order chi connectivity index (χ0) is 11.7. The highest BCUT2D eigenvalue weighted by Gasteiger charge is 2.32. The molecule has 86 valence electrons. The minimum Gasteiger partial charge on any atom is -0.496 e. The quantitative estimate of drug-likeness (QED) is 0.829. The van der Waals surface area contributed by atoms with Crippen molar-refractivity contribution in [3.05, 3.63) is 28.2 Å². The highest BCUT2D eigenvalue weighted by molar-refractivity contribution is 9.10. The summed E-state index contributed by atoms with van der Waals surface area (Å²) in [6.07, 6.45) is 1.69. The number of hydrogen-bond donors (Lipinski definition) is 0. The second kappa shape index (κ2) is 4.58. The van der Waals surface area contributed by atoms with Gasteiger partial charge in [-0.1, -0.05) is 13.0 Å². The monoisotopic (exact) mass is 282 g/mol. The largest absolute Gasteiger partial charge is 0.496 e. The van der Waals surface area contributed by atoms with Gasteiger partial charge in [0.15, 0.2) is 0 Å². The number of Topliss-reactive ketones (excluding diaryl/α,β-unsaturated/α-hetero) is 1. The van der Waals surface area contributed by atoms with Gasteiger partial charge in [-0.25, -0.2) is 0 Å². The molecule has 2 unspecified atom stereocenters.